The van der Waals surface area contributed by atoms with Crippen LogP contribution in [0.3, 0.4) is 0 Å². The summed E-state index contributed by atoms with van der Waals surface area (Å²) in [6, 6.07) is 8.73. The van der Waals surface area contributed by atoms with Gasteiger partial charge in [0.05, 0.1) is 12.7 Å². The lowest BCUT2D eigenvalue weighted by Gasteiger charge is -2.27. The second kappa shape index (κ2) is 5.07. The highest BCUT2D eigenvalue weighted by Gasteiger charge is 2.22. The maximum absolute atomic E-state index is 5.65. The van der Waals surface area contributed by atoms with Crippen LogP contribution < -0.4 is 10.1 Å². The van der Waals surface area contributed by atoms with Gasteiger partial charge in [-0.05, 0) is 18.9 Å². The van der Waals surface area contributed by atoms with Crippen LogP contribution in [-0.2, 0) is 4.74 Å². The molecule has 3 rings (SSSR count). The van der Waals surface area contributed by atoms with Crippen LogP contribution >= 0.6 is 0 Å². The van der Waals surface area contributed by atoms with E-state index in [1.165, 1.54) is 18.4 Å². The molecule has 2 heterocycles. The third-order valence-electron chi connectivity index (χ3n) is 3.57. The first-order valence-electron chi connectivity index (χ1n) is 6.50. The Bertz CT molecular complexity index is 374. The monoisotopic (exact) mass is 233 g/mol. The summed E-state index contributed by atoms with van der Waals surface area (Å²) in [7, 11) is 0. The van der Waals surface area contributed by atoms with Gasteiger partial charge < -0.3 is 14.8 Å². The first-order valence-corrected chi connectivity index (χ1v) is 6.50. The Morgan fingerprint density at radius 2 is 2.12 bits per heavy atom. The van der Waals surface area contributed by atoms with E-state index in [0.717, 1.165) is 31.9 Å². The van der Waals surface area contributed by atoms with Gasteiger partial charge in [0, 0.05) is 31.2 Å². The summed E-state index contributed by atoms with van der Waals surface area (Å²) < 4.78 is 11.3. The van der Waals surface area contributed by atoms with Gasteiger partial charge in [0.25, 0.3) is 0 Å². The molecule has 2 unspecified atom stereocenters. The predicted octanol–water partition coefficient (Wildman–Crippen LogP) is 2.28. The van der Waals surface area contributed by atoms with E-state index in [9.17, 15) is 0 Å². The first-order chi connectivity index (χ1) is 8.43. The van der Waals surface area contributed by atoms with Crippen LogP contribution in [0.1, 0.15) is 30.9 Å². The van der Waals surface area contributed by atoms with E-state index in [1.54, 1.807) is 0 Å². The van der Waals surface area contributed by atoms with Gasteiger partial charge in [0.2, 0.25) is 0 Å². The van der Waals surface area contributed by atoms with E-state index in [-0.39, 0.29) is 0 Å². The molecule has 0 aliphatic carbocycles. The van der Waals surface area contributed by atoms with Gasteiger partial charge in [0.15, 0.2) is 0 Å². The van der Waals surface area contributed by atoms with Crippen LogP contribution in [0, 0.1) is 0 Å². The highest BCUT2D eigenvalue weighted by atomic mass is 16.5. The SMILES string of the molecule is c1ccc2c(c1)OCCC2NCC1CCCO1. The number of ether oxygens (including phenoxy) is 2. The Morgan fingerprint density at radius 3 is 3.00 bits per heavy atom. The molecular weight excluding hydrogens is 214 g/mol. The molecule has 0 bridgehead atoms. The lowest BCUT2D eigenvalue weighted by atomic mass is 10.0. The van der Waals surface area contributed by atoms with E-state index in [2.05, 4.69) is 23.5 Å². The fraction of sp³-hybridized carbons (Fsp3) is 0.571. The minimum absolute atomic E-state index is 0.407. The van der Waals surface area contributed by atoms with Crippen molar-refractivity contribution in [3.8, 4) is 5.75 Å². The van der Waals surface area contributed by atoms with Crippen LogP contribution in [0.15, 0.2) is 24.3 Å². The summed E-state index contributed by atoms with van der Waals surface area (Å²) in [6.45, 7) is 2.69. The molecule has 1 aromatic carbocycles. The number of rotatable bonds is 3. The average molecular weight is 233 g/mol. The van der Waals surface area contributed by atoms with Crippen molar-refractivity contribution in [2.75, 3.05) is 19.8 Å². The zero-order valence-corrected chi connectivity index (χ0v) is 10.0. The van der Waals surface area contributed by atoms with E-state index >= 15 is 0 Å². The fourth-order valence-corrected chi connectivity index (χ4v) is 2.63. The summed E-state index contributed by atoms with van der Waals surface area (Å²) in [5.74, 6) is 1.03. The topological polar surface area (TPSA) is 30.5 Å². The molecular formula is C14H19NO2. The molecule has 2 atom stereocenters. The average Bonchev–Trinajstić information content (AvgIpc) is 2.89. The van der Waals surface area contributed by atoms with Gasteiger partial charge in [-0.25, -0.2) is 0 Å². The Labute approximate surface area is 102 Å². The summed E-state index contributed by atoms with van der Waals surface area (Å²) >= 11 is 0. The number of fused-ring (bicyclic) bond motifs is 1. The molecule has 1 saturated heterocycles. The molecule has 1 fully saturated rings. The van der Waals surface area contributed by atoms with Crippen molar-refractivity contribution in [1.82, 2.24) is 5.32 Å². The first kappa shape index (κ1) is 11.1. The van der Waals surface area contributed by atoms with Crippen molar-refractivity contribution in [3.63, 3.8) is 0 Å². The Balaban J connectivity index is 1.64. The zero-order valence-electron chi connectivity index (χ0n) is 10.0. The fourth-order valence-electron chi connectivity index (χ4n) is 2.63. The van der Waals surface area contributed by atoms with E-state index < -0.39 is 0 Å². The summed E-state index contributed by atoms with van der Waals surface area (Å²) in [4.78, 5) is 0. The minimum Gasteiger partial charge on any atom is -0.493 e. The maximum Gasteiger partial charge on any atom is 0.124 e. The van der Waals surface area contributed by atoms with Gasteiger partial charge in [0.1, 0.15) is 5.75 Å². The highest BCUT2D eigenvalue weighted by molar-refractivity contribution is 5.37. The molecule has 0 radical (unpaired) electrons. The van der Waals surface area contributed by atoms with Crippen molar-refractivity contribution in [2.45, 2.75) is 31.4 Å². The summed E-state index contributed by atoms with van der Waals surface area (Å²) in [6.07, 6.45) is 3.85. The number of para-hydroxylation sites is 1. The third kappa shape index (κ3) is 2.45. The number of hydrogen-bond acceptors (Lipinski definition) is 3. The van der Waals surface area contributed by atoms with Crippen molar-refractivity contribution >= 4 is 0 Å². The normalized spacial score (nSPS) is 27.5. The zero-order chi connectivity index (χ0) is 11.5. The molecule has 1 aromatic rings. The van der Waals surface area contributed by atoms with E-state index in [1.807, 2.05) is 6.07 Å². The molecule has 2 aliphatic rings. The maximum atomic E-state index is 5.65. The Kier molecular flexibility index (Phi) is 3.29. The van der Waals surface area contributed by atoms with Gasteiger partial charge in [-0.3, -0.25) is 0 Å². The minimum atomic E-state index is 0.407. The van der Waals surface area contributed by atoms with Crippen LogP contribution in [0.4, 0.5) is 0 Å². The van der Waals surface area contributed by atoms with Crippen LogP contribution in [0.25, 0.3) is 0 Å². The second-order valence-corrected chi connectivity index (χ2v) is 4.77. The molecule has 0 saturated carbocycles. The second-order valence-electron chi connectivity index (χ2n) is 4.77. The van der Waals surface area contributed by atoms with Crippen molar-refractivity contribution in [1.29, 1.82) is 0 Å². The lowest BCUT2D eigenvalue weighted by molar-refractivity contribution is 0.105. The Hall–Kier alpha value is -1.06. The van der Waals surface area contributed by atoms with Crippen molar-refractivity contribution in [3.05, 3.63) is 29.8 Å². The van der Waals surface area contributed by atoms with Crippen LogP contribution in [0.2, 0.25) is 0 Å². The number of nitrogens with one attached hydrogen (secondary N) is 1. The molecule has 1 N–H and O–H groups in total. The molecule has 0 amide bonds. The molecule has 0 spiro atoms. The third-order valence-corrected chi connectivity index (χ3v) is 3.57. The van der Waals surface area contributed by atoms with Gasteiger partial charge in [-0.2, -0.15) is 0 Å². The molecule has 3 nitrogen and oxygen atoms in total. The van der Waals surface area contributed by atoms with Gasteiger partial charge in [-0.15, -0.1) is 0 Å². The summed E-state index contributed by atoms with van der Waals surface area (Å²) in [5, 5.41) is 3.61. The van der Waals surface area contributed by atoms with Crippen molar-refractivity contribution in [2.24, 2.45) is 0 Å². The smallest absolute Gasteiger partial charge is 0.124 e. The summed E-state index contributed by atoms with van der Waals surface area (Å²) in [5.41, 5.74) is 1.29. The van der Waals surface area contributed by atoms with E-state index in [0.29, 0.717) is 12.1 Å². The number of benzene rings is 1. The van der Waals surface area contributed by atoms with Gasteiger partial charge in [-0.1, -0.05) is 18.2 Å². The lowest BCUT2D eigenvalue weighted by Crippen LogP contribution is -2.33. The molecule has 2 aliphatic heterocycles. The standard InChI is InChI=1S/C14H19NO2/c1-2-6-14-12(5-1)13(7-9-17-14)15-10-11-4-3-8-16-11/h1-2,5-6,11,13,15H,3-4,7-10H2. The quantitative estimate of drug-likeness (QED) is 0.868. The van der Waals surface area contributed by atoms with Crippen molar-refractivity contribution < 1.29 is 9.47 Å². The predicted molar refractivity (Wildman–Crippen MR) is 66.3 cm³/mol. The Morgan fingerprint density at radius 1 is 1.18 bits per heavy atom. The molecule has 3 heteroatoms. The largest absolute Gasteiger partial charge is 0.493 e. The van der Waals surface area contributed by atoms with Crippen LogP contribution in [0.5, 0.6) is 5.75 Å². The van der Waals surface area contributed by atoms with Gasteiger partial charge >= 0.3 is 0 Å². The van der Waals surface area contributed by atoms with E-state index in [4.69, 9.17) is 9.47 Å². The number of hydrogen-bond donors (Lipinski definition) is 1. The molecule has 17 heavy (non-hydrogen) atoms. The molecule has 92 valence electrons. The van der Waals surface area contributed by atoms with Crippen LogP contribution in [-0.4, -0.2) is 25.9 Å². The molecule has 0 aromatic heterocycles. The highest BCUT2D eigenvalue weighted by Crippen LogP contribution is 2.31.